The van der Waals surface area contributed by atoms with Crippen molar-refractivity contribution in [3.63, 3.8) is 0 Å². The lowest BCUT2D eigenvalue weighted by Gasteiger charge is -2.26. The Morgan fingerprint density at radius 1 is 1.23 bits per heavy atom. The highest BCUT2D eigenvalue weighted by molar-refractivity contribution is 6.44. The second-order valence-electron chi connectivity index (χ2n) is 7.98. The number of rotatable bonds is 8. The number of likely N-dealkylation sites (tertiary alicyclic amines) is 1. The summed E-state index contributed by atoms with van der Waals surface area (Å²) in [5, 5.41) is 0. The van der Waals surface area contributed by atoms with Gasteiger partial charge in [0.25, 0.3) is 5.91 Å². The standard InChI is InChI=1S/C23H27N3O4/c1-15-13-16(8-9-18(15)30-4)21(27)19-20(17-7-5-10-24-14-17)26(23(29)22(19)28)12-6-11-25(2)3/h5,7-10,13-14,19-20H,6,11-12H2,1-4H3/p+2. The molecule has 0 saturated carbocycles. The molecule has 1 amide bonds. The van der Waals surface area contributed by atoms with Gasteiger partial charge in [0.15, 0.2) is 18.2 Å². The van der Waals surface area contributed by atoms with Crippen molar-refractivity contribution < 1.29 is 29.0 Å². The van der Waals surface area contributed by atoms with Gasteiger partial charge >= 0.3 is 0 Å². The molecule has 158 valence electrons. The van der Waals surface area contributed by atoms with Gasteiger partial charge in [-0.3, -0.25) is 14.4 Å². The Morgan fingerprint density at radius 3 is 2.60 bits per heavy atom. The molecule has 1 aliphatic heterocycles. The van der Waals surface area contributed by atoms with E-state index in [1.54, 1.807) is 42.6 Å². The number of ether oxygens (including phenoxy) is 1. The maximum atomic E-state index is 13.4. The summed E-state index contributed by atoms with van der Waals surface area (Å²) in [7, 11) is 5.65. The number of aryl methyl sites for hydroxylation is 1. The van der Waals surface area contributed by atoms with E-state index in [9.17, 15) is 14.4 Å². The van der Waals surface area contributed by atoms with Gasteiger partial charge in [-0.25, -0.2) is 4.98 Å². The van der Waals surface area contributed by atoms with Crippen LogP contribution in [0.2, 0.25) is 0 Å². The van der Waals surface area contributed by atoms with Gasteiger partial charge in [0.1, 0.15) is 11.7 Å². The molecule has 1 fully saturated rings. The van der Waals surface area contributed by atoms with Crippen LogP contribution in [0.1, 0.15) is 33.9 Å². The number of nitrogens with zero attached hydrogens (tertiary/aromatic N) is 1. The molecule has 1 aromatic heterocycles. The molecule has 2 unspecified atom stereocenters. The Kier molecular flexibility index (Phi) is 6.62. The Balaban J connectivity index is 1.98. The first-order valence-electron chi connectivity index (χ1n) is 10.1. The first-order valence-corrected chi connectivity index (χ1v) is 10.1. The van der Waals surface area contributed by atoms with Gasteiger partial charge < -0.3 is 14.5 Å². The molecule has 1 aliphatic rings. The number of aromatic nitrogens is 1. The summed E-state index contributed by atoms with van der Waals surface area (Å²) in [6, 6.07) is 8.12. The van der Waals surface area contributed by atoms with Crippen LogP contribution in [-0.4, -0.2) is 56.7 Å². The van der Waals surface area contributed by atoms with Crippen LogP contribution in [0, 0.1) is 12.8 Å². The molecule has 1 aromatic carbocycles. The first-order chi connectivity index (χ1) is 14.3. The monoisotopic (exact) mass is 411 g/mol. The Morgan fingerprint density at radius 2 is 2.00 bits per heavy atom. The molecule has 0 aliphatic carbocycles. The zero-order valence-electron chi connectivity index (χ0n) is 17.9. The van der Waals surface area contributed by atoms with E-state index in [1.807, 2.05) is 33.2 Å². The minimum Gasteiger partial charge on any atom is -0.496 e. The van der Waals surface area contributed by atoms with Crippen LogP contribution in [-0.2, 0) is 9.59 Å². The van der Waals surface area contributed by atoms with Crippen LogP contribution in [0.3, 0.4) is 0 Å². The molecule has 2 atom stereocenters. The third-order valence-electron chi connectivity index (χ3n) is 5.52. The third-order valence-corrected chi connectivity index (χ3v) is 5.52. The minimum absolute atomic E-state index is 0.339. The number of amides is 1. The summed E-state index contributed by atoms with van der Waals surface area (Å²) in [6.45, 7) is 3.14. The third kappa shape index (κ3) is 4.26. The lowest BCUT2D eigenvalue weighted by Crippen LogP contribution is -3.05. The van der Waals surface area contributed by atoms with Gasteiger partial charge in [0, 0.05) is 30.2 Å². The topological polar surface area (TPSA) is 82.3 Å². The highest BCUT2D eigenvalue weighted by Crippen LogP contribution is 2.38. The molecule has 0 spiro atoms. The number of aromatic amines is 1. The van der Waals surface area contributed by atoms with E-state index in [0.29, 0.717) is 17.9 Å². The van der Waals surface area contributed by atoms with Gasteiger partial charge in [-0.15, -0.1) is 0 Å². The summed E-state index contributed by atoms with van der Waals surface area (Å²) < 4.78 is 5.27. The number of hydrogen-bond acceptors (Lipinski definition) is 4. The van der Waals surface area contributed by atoms with E-state index in [1.165, 1.54) is 4.90 Å². The summed E-state index contributed by atoms with van der Waals surface area (Å²) in [6.07, 6.45) is 4.25. The maximum Gasteiger partial charge on any atom is 0.291 e. The Hall–Kier alpha value is -3.06. The number of methoxy groups -OCH3 is 1. The molecule has 2 aromatic rings. The van der Waals surface area contributed by atoms with Crippen molar-refractivity contribution in [1.29, 1.82) is 0 Å². The summed E-state index contributed by atoms with van der Waals surface area (Å²) in [4.78, 5) is 45.1. The second kappa shape index (κ2) is 9.17. The van der Waals surface area contributed by atoms with E-state index < -0.39 is 23.7 Å². The van der Waals surface area contributed by atoms with Gasteiger partial charge in [0.05, 0.1) is 33.8 Å². The molecule has 0 bridgehead atoms. The van der Waals surface area contributed by atoms with Crippen LogP contribution in [0.4, 0.5) is 0 Å². The van der Waals surface area contributed by atoms with Crippen molar-refractivity contribution in [2.45, 2.75) is 19.4 Å². The maximum absolute atomic E-state index is 13.4. The van der Waals surface area contributed by atoms with Crippen LogP contribution < -0.4 is 14.6 Å². The average molecular weight is 412 g/mol. The number of H-pyrrole nitrogens is 1. The van der Waals surface area contributed by atoms with E-state index in [4.69, 9.17) is 4.74 Å². The van der Waals surface area contributed by atoms with Crippen molar-refractivity contribution in [2.75, 3.05) is 34.3 Å². The van der Waals surface area contributed by atoms with Crippen molar-refractivity contribution in [2.24, 2.45) is 5.92 Å². The number of carbonyl (C=O) groups excluding carboxylic acids is 3. The molecule has 1 saturated heterocycles. The van der Waals surface area contributed by atoms with Crippen molar-refractivity contribution >= 4 is 17.5 Å². The number of hydrogen-bond donors (Lipinski definition) is 1. The van der Waals surface area contributed by atoms with Crippen LogP contribution in [0.5, 0.6) is 5.75 Å². The van der Waals surface area contributed by atoms with Crippen LogP contribution >= 0.6 is 0 Å². The highest BCUT2D eigenvalue weighted by Gasteiger charge is 2.52. The number of carbonyl (C=O) groups is 3. The first kappa shape index (κ1) is 21.6. The predicted octanol–water partition coefficient (Wildman–Crippen LogP) is 0.304. The van der Waals surface area contributed by atoms with Crippen molar-refractivity contribution in [3.05, 3.63) is 59.4 Å². The number of ketones is 2. The predicted molar refractivity (Wildman–Crippen MR) is 110 cm³/mol. The van der Waals surface area contributed by atoms with Crippen molar-refractivity contribution in [1.82, 2.24) is 4.90 Å². The molecule has 2 heterocycles. The van der Waals surface area contributed by atoms with Crippen molar-refractivity contribution in [3.8, 4) is 5.75 Å². The lowest BCUT2D eigenvalue weighted by molar-refractivity contribution is -0.858. The molecule has 2 N–H and O–H groups in total. The van der Waals surface area contributed by atoms with Crippen LogP contribution in [0.15, 0.2) is 42.7 Å². The number of nitrogens with one attached hydrogen (secondary N) is 2. The minimum atomic E-state index is -1.06. The second-order valence-corrected chi connectivity index (χ2v) is 7.98. The zero-order valence-corrected chi connectivity index (χ0v) is 17.9. The van der Waals surface area contributed by atoms with E-state index in [0.717, 1.165) is 24.1 Å². The van der Waals surface area contributed by atoms with Crippen LogP contribution in [0.25, 0.3) is 0 Å². The summed E-state index contributed by atoms with van der Waals surface area (Å²) in [5.41, 5.74) is 1.96. The summed E-state index contributed by atoms with van der Waals surface area (Å²) >= 11 is 0. The zero-order chi connectivity index (χ0) is 21.8. The fourth-order valence-electron chi connectivity index (χ4n) is 4.01. The Labute approximate surface area is 176 Å². The molecule has 0 radical (unpaired) electrons. The largest absolute Gasteiger partial charge is 0.496 e. The Bertz CT molecular complexity index is 943. The molecular formula is C23H29N3O4+2. The SMILES string of the molecule is COc1ccc(C(=O)C2C(=O)C(=O)N(CCC[NH+](C)C)C2c2ccc[nH+]c2)cc1C. The quantitative estimate of drug-likeness (QED) is 0.385. The molecular weight excluding hydrogens is 382 g/mol. The normalized spacial score (nSPS) is 18.9. The average Bonchev–Trinajstić information content (AvgIpc) is 2.98. The fraction of sp³-hybridized carbons (Fsp3) is 0.391. The number of Topliss-reactive ketones (excluding diaryl/α,β-unsaturated/α-hetero) is 2. The van der Waals surface area contributed by atoms with Gasteiger partial charge in [-0.05, 0) is 36.8 Å². The molecule has 30 heavy (non-hydrogen) atoms. The summed E-state index contributed by atoms with van der Waals surface area (Å²) in [5.74, 6) is -1.95. The molecule has 3 rings (SSSR count). The van der Waals surface area contributed by atoms with Gasteiger partial charge in [-0.1, -0.05) is 0 Å². The smallest absolute Gasteiger partial charge is 0.291 e. The van der Waals surface area contributed by atoms with E-state index >= 15 is 0 Å². The number of quaternary nitrogens is 1. The molecule has 7 nitrogen and oxygen atoms in total. The fourth-order valence-corrected chi connectivity index (χ4v) is 4.01. The number of benzene rings is 1. The highest BCUT2D eigenvalue weighted by atomic mass is 16.5. The lowest BCUT2D eigenvalue weighted by atomic mass is 9.86. The number of pyridine rings is 1. The van der Waals surface area contributed by atoms with E-state index in [2.05, 4.69) is 4.98 Å². The van der Waals surface area contributed by atoms with E-state index in [-0.39, 0.29) is 5.78 Å². The van der Waals surface area contributed by atoms with Gasteiger partial charge in [-0.2, -0.15) is 0 Å². The molecule has 7 heteroatoms. The van der Waals surface area contributed by atoms with Gasteiger partial charge in [0.2, 0.25) is 5.78 Å².